The van der Waals surface area contributed by atoms with E-state index in [4.69, 9.17) is 9.16 Å². The van der Waals surface area contributed by atoms with E-state index in [1.807, 2.05) is 0 Å². The van der Waals surface area contributed by atoms with E-state index in [1.165, 1.54) is 23.8 Å². The summed E-state index contributed by atoms with van der Waals surface area (Å²) < 4.78 is 11.6. The fourth-order valence-electron chi connectivity index (χ4n) is 5.18. The lowest BCUT2D eigenvalue weighted by atomic mass is 9.77. The van der Waals surface area contributed by atoms with Crippen molar-refractivity contribution in [3.05, 3.63) is 35.5 Å². The SMILES string of the molecule is COC(=O)[C@H]1C[C@@H]([C@H](C)O[Si](C)(C)C)CN2CCc3c([nH]c4ccccc34)[C@@H]12. The fraction of sp³-hybridized carbons (Fsp3) is 0.591. The summed E-state index contributed by atoms with van der Waals surface area (Å²) in [7, 11) is -0.119. The van der Waals surface area contributed by atoms with Crippen LogP contribution < -0.4 is 0 Å². The van der Waals surface area contributed by atoms with Crippen LogP contribution in [0.25, 0.3) is 10.9 Å². The highest BCUT2D eigenvalue weighted by Gasteiger charge is 2.46. The minimum atomic E-state index is -1.63. The number of methoxy groups -OCH3 is 1. The summed E-state index contributed by atoms with van der Waals surface area (Å²) in [6.45, 7) is 10.8. The summed E-state index contributed by atoms with van der Waals surface area (Å²) in [5, 5.41) is 1.29. The van der Waals surface area contributed by atoms with Gasteiger partial charge in [-0.05, 0) is 57.0 Å². The molecule has 3 heterocycles. The third kappa shape index (κ3) is 3.53. The van der Waals surface area contributed by atoms with Crippen molar-refractivity contribution in [3.63, 3.8) is 0 Å². The van der Waals surface area contributed by atoms with Gasteiger partial charge in [-0.15, -0.1) is 0 Å². The number of benzene rings is 1. The quantitative estimate of drug-likeness (QED) is 0.620. The largest absolute Gasteiger partial charge is 0.469 e. The number of carbonyl (C=O) groups excluding carboxylic acids is 1. The third-order valence-electron chi connectivity index (χ3n) is 6.30. The van der Waals surface area contributed by atoms with Gasteiger partial charge in [-0.3, -0.25) is 9.69 Å². The Kier molecular flexibility index (Phi) is 5.14. The number of nitrogens with zero attached hydrogens (tertiary/aromatic N) is 1. The van der Waals surface area contributed by atoms with Gasteiger partial charge in [0.15, 0.2) is 8.32 Å². The monoisotopic (exact) mass is 400 g/mol. The fourth-order valence-corrected chi connectivity index (χ4v) is 6.49. The van der Waals surface area contributed by atoms with Gasteiger partial charge in [0.2, 0.25) is 0 Å². The number of nitrogens with one attached hydrogen (secondary N) is 1. The number of ether oxygens (including phenoxy) is 1. The van der Waals surface area contributed by atoms with Crippen molar-refractivity contribution in [3.8, 4) is 0 Å². The van der Waals surface area contributed by atoms with Crippen LogP contribution in [0.15, 0.2) is 24.3 Å². The first-order chi connectivity index (χ1) is 13.3. The zero-order chi connectivity index (χ0) is 20.1. The van der Waals surface area contributed by atoms with Crippen LogP contribution in [-0.4, -0.2) is 50.5 Å². The second-order valence-corrected chi connectivity index (χ2v) is 13.8. The molecule has 0 aliphatic carbocycles. The number of hydrogen-bond donors (Lipinski definition) is 1. The average Bonchev–Trinajstić information content (AvgIpc) is 3.03. The van der Waals surface area contributed by atoms with Gasteiger partial charge in [-0.2, -0.15) is 0 Å². The summed E-state index contributed by atoms with van der Waals surface area (Å²) >= 11 is 0. The number of aromatic nitrogens is 1. The van der Waals surface area contributed by atoms with Gasteiger partial charge in [-0.1, -0.05) is 18.2 Å². The van der Waals surface area contributed by atoms with Crippen LogP contribution >= 0.6 is 0 Å². The van der Waals surface area contributed by atoms with Gasteiger partial charge in [-0.25, -0.2) is 0 Å². The molecule has 6 heteroatoms. The number of piperidine rings is 1. The number of fused-ring (bicyclic) bond motifs is 5. The van der Waals surface area contributed by atoms with Gasteiger partial charge in [0.1, 0.15) is 0 Å². The topological polar surface area (TPSA) is 54.6 Å². The van der Waals surface area contributed by atoms with Crippen LogP contribution in [0, 0.1) is 11.8 Å². The third-order valence-corrected chi connectivity index (χ3v) is 7.38. The van der Waals surface area contributed by atoms with Crippen molar-refractivity contribution in [2.24, 2.45) is 11.8 Å². The Hall–Kier alpha value is -1.63. The molecule has 1 fully saturated rings. The lowest BCUT2D eigenvalue weighted by Gasteiger charge is -2.47. The number of H-pyrrole nitrogens is 1. The number of para-hydroxylation sites is 1. The molecule has 5 nitrogen and oxygen atoms in total. The minimum Gasteiger partial charge on any atom is -0.469 e. The molecule has 4 rings (SSSR count). The maximum Gasteiger partial charge on any atom is 0.310 e. The summed E-state index contributed by atoms with van der Waals surface area (Å²) in [5.41, 5.74) is 3.74. The Balaban J connectivity index is 1.68. The molecule has 4 atom stereocenters. The molecule has 1 aromatic heterocycles. The Morgan fingerprint density at radius 2 is 2.04 bits per heavy atom. The molecule has 2 aromatic rings. The highest BCUT2D eigenvalue weighted by atomic mass is 28.4. The maximum atomic E-state index is 12.8. The number of esters is 1. The van der Waals surface area contributed by atoms with Crippen molar-refractivity contribution in [1.29, 1.82) is 0 Å². The van der Waals surface area contributed by atoms with Crippen molar-refractivity contribution in [2.75, 3.05) is 20.2 Å². The Labute approximate surface area is 168 Å². The van der Waals surface area contributed by atoms with Gasteiger partial charge in [0, 0.05) is 35.8 Å². The molecule has 0 radical (unpaired) electrons. The lowest BCUT2D eigenvalue weighted by Crippen LogP contribution is -2.52. The van der Waals surface area contributed by atoms with Crippen molar-refractivity contribution in [1.82, 2.24) is 9.88 Å². The molecule has 1 N–H and O–H groups in total. The van der Waals surface area contributed by atoms with Crippen molar-refractivity contribution >= 4 is 25.2 Å². The Morgan fingerprint density at radius 1 is 1.29 bits per heavy atom. The molecule has 0 unspecified atom stereocenters. The summed E-state index contributed by atoms with van der Waals surface area (Å²) in [4.78, 5) is 18.9. The Morgan fingerprint density at radius 3 is 2.75 bits per heavy atom. The molecule has 0 bridgehead atoms. The highest BCUT2D eigenvalue weighted by molar-refractivity contribution is 6.69. The summed E-state index contributed by atoms with van der Waals surface area (Å²) in [6.07, 6.45) is 1.98. The highest BCUT2D eigenvalue weighted by Crippen LogP contribution is 2.45. The molecule has 1 aromatic carbocycles. The van der Waals surface area contributed by atoms with Gasteiger partial charge in [0.25, 0.3) is 0 Å². The molecule has 2 aliphatic heterocycles. The van der Waals surface area contributed by atoms with Crippen LogP contribution in [0.5, 0.6) is 0 Å². The first-order valence-corrected chi connectivity index (χ1v) is 13.8. The first kappa shape index (κ1) is 19.7. The van der Waals surface area contributed by atoms with E-state index in [-0.39, 0.29) is 24.0 Å². The van der Waals surface area contributed by atoms with Crippen LogP contribution in [-0.2, 0) is 20.4 Å². The van der Waals surface area contributed by atoms with E-state index in [9.17, 15) is 4.79 Å². The van der Waals surface area contributed by atoms with Crippen molar-refractivity contribution < 1.29 is 14.0 Å². The molecule has 1 saturated heterocycles. The van der Waals surface area contributed by atoms with Gasteiger partial charge >= 0.3 is 5.97 Å². The van der Waals surface area contributed by atoms with Crippen molar-refractivity contribution in [2.45, 2.75) is 51.6 Å². The van der Waals surface area contributed by atoms with Gasteiger partial charge in [0.05, 0.1) is 19.1 Å². The minimum absolute atomic E-state index is 0.0685. The second-order valence-electron chi connectivity index (χ2n) is 9.31. The molecular formula is C22H32N2O3Si. The number of carbonyl (C=O) groups is 1. The Bertz CT molecular complexity index is 872. The van der Waals surface area contributed by atoms with E-state index in [1.54, 1.807) is 0 Å². The second kappa shape index (κ2) is 7.32. The van der Waals surface area contributed by atoms with E-state index in [0.29, 0.717) is 5.92 Å². The van der Waals surface area contributed by atoms with Crippen LogP contribution in [0.2, 0.25) is 19.6 Å². The smallest absolute Gasteiger partial charge is 0.310 e. The molecule has 0 saturated carbocycles. The predicted molar refractivity (Wildman–Crippen MR) is 114 cm³/mol. The maximum absolute atomic E-state index is 12.8. The molecule has 152 valence electrons. The average molecular weight is 401 g/mol. The summed E-state index contributed by atoms with van der Waals surface area (Å²) in [6, 6.07) is 8.53. The number of rotatable bonds is 4. The molecular weight excluding hydrogens is 368 g/mol. The molecule has 0 spiro atoms. The lowest BCUT2D eigenvalue weighted by molar-refractivity contribution is -0.152. The van der Waals surface area contributed by atoms with Crippen LogP contribution in [0.3, 0.4) is 0 Å². The molecule has 28 heavy (non-hydrogen) atoms. The van der Waals surface area contributed by atoms with E-state index < -0.39 is 8.32 Å². The normalized spacial score (nSPS) is 26.5. The number of aromatic amines is 1. The molecule has 2 aliphatic rings. The van der Waals surface area contributed by atoms with E-state index >= 15 is 0 Å². The standard InChI is InChI=1S/C22H32N2O3Si/c1-14(27-28(3,4)5)15-12-18(22(25)26-2)21-20-17(10-11-24(21)13-15)16-8-6-7-9-19(16)23-20/h6-9,14-15,18,21,23H,10-13H2,1-5H3/t14-,15+,18-,21+/m0/s1. The zero-order valence-electron chi connectivity index (χ0n) is 17.6. The predicted octanol–water partition coefficient (Wildman–Crippen LogP) is 4.12. The van der Waals surface area contributed by atoms with Gasteiger partial charge < -0.3 is 14.1 Å². The van der Waals surface area contributed by atoms with E-state index in [0.717, 1.165) is 31.4 Å². The van der Waals surface area contributed by atoms with Crippen LogP contribution in [0.4, 0.5) is 0 Å². The van der Waals surface area contributed by atoms with Crippen LogP contribution in [0.1, 0.15) is 30.6 Å². The van der Waals surface area contributed by atoms with E-state index in [2.05, 4.69) is 60.7 Å². The zero-order valence-corrected chi connectivity index (χ0v) is 18.6. The number of hydrogen-bond acceptors (Lipinski definition) is 4. The first-order valence-electron chi connectivity index (χ1n) is 10.4. The molecule has 0 amide bonds. The summed E-state index contributed by atoms with van der Waals surface area (Å²) in [5.74, 6) is 0.0768.